The Balaban J connectivity index is 2.89. The van der Waals surface area contributed by atoms with Crippen LogP contribution in [-0.4, -0.2) is 44.7 Å². The quantitative estimate of drug-likeness (QED) is 0.498. The van der Waals surface area contributed by atoms with Gasteiger partial charge in [0.25, 0.3) is 0 Å². The fraction of sp³-hybridized carbons (Fsp3) is 0.750. The van der Waals surface area contributed by atoms with Crippen molar-refractivity contribution in [1.29, 1.82) is 0 Å². The zero-order chi connectivity index (χ0) is 8.53. The smallest absolute Gasteiger partial charge is 0.0104 e. The minimum Gasteiger partial charge on any atom is -0.314 e. The van der Waals surface area contributed by atoms with Crippen LogP contribution in [0.5, 0.6) is 0 Å². The van der Waals surface area contributed by atoms with Gasteiger partial charge in [-0.15, -0.1) is 0 Å². The highest BCUT2D eigenvalue weighted by atomic mass is 15.1. The highest BCUT2D eigenvalue weighted by molar-refractivity contribution is 4.56. The molecule has 66 valence electrons. The van der Waals surface area contributed by atoms with Crippen molar-refractivity contribution < 1.29 is 0 Å². The van der Waals surface area contributed by atoms with Gasteiger partial charge in [-0.1, -0.05) is 0 Å². The molecule has 0 saturated heterocycles. The van der Waals surface area contributed by atoms with Crippen molar-refractivity contribution in [2.45, 2.75) is 0 Å². The second kappa shape index (κ2) is 7.98. The third-order valence-electron chi connectivity index (χ3n) is 1.53. The van der Waals surface area contributed by atoms with E-state index >= 15 is 0 Å². The molecule has 0 bridgehead atoms. The van der Waals surface area contributed by atoms with Gasteiger partial charge in [0, 0.05) is 33.2 Å². The highest BCUT2D eigenvalue weighted by Gasteiger charge is 1.91. The standard InChI is InChI=1S/C8H19N3/c1-4-11(3)8-7-10-6-5-9-2/h9-10H,1-2,4-8H2,3H3. The molecule has 0 aliphatic rings. The Hall–Kier alpha value is -0.120. The van der Waals surface area contributed by atoms with Crippen molar-refractivity contribution in [3.8, 4) is 0 Å². The summed E-state index contributed by atoms with van der Waals surface area (Å²) in [6.45, 7) is 8.63. The summed E-state index contributed by atoms with van der Waals surface area (Å²) in [5.41, 5.74) is 0. The Kier molecular flexibility index (Phi) is 7.89. The van der Waals surface area contributed by atoms with E-state index in [-0.39, 0.29) is 0 Å². The van der Waals surface area contributed by atoms with Gasteiger partial charge in [-0.05, 0) is 20.5 Å². The van der Waals surface area contributed by atoms with E-state index in [1.54, 1.807) is 0 Å². The molecule has 0 fully saturated rings. The molecular formula is C8H19N3. The molecule has 0 saturated carbocycles. The fourth-order valence-corrected chi connectivity index (χ4v) is 0.683. The Bertz CT molecular complexity index is 75.7. The molecule has 0 heterocycles. The van der Waals surface area contributed by atoms with Gasteiger partial charge in [-0.2, -0.15) is 0 Å². The van der Waals surface area contributed by atoms with Gasteiger partial charge in [0.1, 0.15) is 0 Å². The van der Waals surface area contributed by atoms with Crippen molar-refractivity contribution in [2.75, 3.05) is 39.8 Å². The second-order valence-corrected chi connectivity index (χ2v) is 2.55. The summed E-state index contributed by atoms with van der Waals surface area (Å²) in [6, 6.07) is 0. The van der Waals surface area contributed by atoms with Crippen LogP contribution in [0, 0.1) is 14.0 Å². The fourth-order valence-electron chi connectivity index (χ4n) is 0.683. The molecule has 0 aliphatic carbocycles. The van der Waals surface area contributed by atoms with Crippen molar-refractivity contribution in [1.82, 2.24) is 15.5 Å². The average Bonchev–Trinajstić information content (AvgIpc) is 2.04. The number of hydrogen-bond donors (Lipinski definition) is 2. The summed E-state index contributed by atoms with van der Waals surface area (Å²) in [6.07, 6.45) is 0. The van der Waals surface area contributed by atoms with Gasteiger partial charge in [0.05, 0.1) is 0 Å². The second-order valence-electron chi connectivity index (χ2n) is 2.55. The monoisotopic (exact) mass is 157 g/mol. The predicted molar refractivity (Wildman–Crippen MR) is 49.1 cm³/mol. The highest BCUT2D eigenvalue weighted by Crippen LogP contribution is 1.76. The van der Waals surface area contributed by atoms with Gasteiger partial charge in [0.15, 0.2) is 0 Å². The predicted octanol–water partition coefficient (Wildman–Crippen LogP) is -0.277. The number of rotatable bonds is 7. The van der Waals surface area contributed by atoms with Crippen LogP contribution in [0.2, 0.25) is 0 Å². The molecule has 0 aromatic rings. The molecule has 11 heavy (non-hydrogen) atoms. The summed E-state index contributed by atoms with van der Waals surface area (Å²) >= 11 is 0. The first-order valence-corrected chi connectivity index (χ1v) is 3.99. The van der Waals surface area contributed by atoms with Crippen LogP contribution in [0.4, 0.5) is 0 Å². The minimum absolute atomic E-state index is 0.870. The van der Waals surface area contributed by atoms with E-state index in [0.717, 1.165) is 32.7 Å². The summed E-state index contributed by atoms with van der Waals surface area (Å²) in [5.74, 6) is 0. The molecule has 3 nitrogen and oxygen atoms in total. The zero-order valence-corrected chi connectivity index (χ0v) is 7.40. The normalized spacial score (nSPS) is 10.9. The lowest BCUT2D eigenvalue weighted by atomic mass is 10.5. The topological polar surface area (TPSA) is 27.3 Å². The molecule has 0 aliphatic heterocycles. The molecule has 2 N–H and O–H groups in total. The first kappa shape index (κ1) is 10.9. The van der Waals surface area contributed by atoms with Crippen molar-refractivity contribution in [2.24, 2.45) is 0 Å². The molecule has 3 heteroatoms. The van der Waals surface area contributed by atoms with Crippen LogP contribution in [-0.2, 0) is 0 Å². The lowest BCUT2D eigenvalue weighted by Gasteiger charge is -2.13. The molecule has 0 rings (SSSR count). The number of nitrogens with one attached hydrogen (secondary N) is 2. The van der Waals surface area contributed by atoms with E-state index in [1.165, 1.54) is 0 Å². The average molecular weight is 157 g/mol. The van der Waals surface area contributed by atoms with Crippen LogP contribution in [0.3, 0.4) is 0 Å². The molecule has 0 spiro atoms. The maximum absolute atomic E-state index is 3.78. The Morgan fingerprint density at radius 1 is 1.27 bits per heavy atom. The third kappa shape index (κ3) is 7.78. The summed E-state index contributed by atoms with van der Waals surface area (Å²) in [7, 11) is 5.59. The lowest BCUT2D eigenvalue weighted by molar-refractivity contribution is 0.364. The number of nitrogens with zero attached hydrogens (tertiary/aromatic N) is 1. The van der Waals surface area contributed by atoms with Gasteiger partial charge in [0.2, 0.25) is 0 Å². The van der Waals surface area contributed by atoms with Crippen molar-refractivity contribution in [3.05, 3.63) is 14.0 Å². The molecule has 0 amide bonds. The molecule has 2 radical (unpaired) electrons. The number of hydrogen-bond acceptors (Lipinski definition) is 3. The lowest BCUT2D eigenvalue weighted by Crippen LogP contribution is -2.32. The van der Waals surface area contributed by atoms with Crippen molar-refractivity contribution in [3.63, 3.8) is 0 Å². The van der Waals surface area contributed by atoms with Crippen LogP contribution in [0.25, 0.3) is 0 Å². The molecular weight excluding hydrogens is 138 g/mol. The van der Waals surface area contributed by atoms with Gasteiger partial charge in [-0.25, -0.2) is 0 Å². The zero-order valence-electron chi connectivity index (χ0n) is 7.40. The third-order valence-corrected chi connectivity index (χ3v) is 1.53. The van der Waals surface area contributed by atoms with Crippen LogP contribution >= 0.6 is 0 Å². The molecule has 0 unspecified atom stereocenters. The molecule has 0 aromatic carbocycles. The Labute approximate surface area is 70.2 Å². The van der Waals surface area contributed by atoms with Crippen molar-refractivity contribution >= 4 is 0 Å². The first-order valence-electron chi connectivity index (χ1n) is 3.99. The van der Waals surface area contributed by atoms with E-state index in [4.69, 9.17) is 0 Å². The summed E-state index contributed by atoms with van der Waals surface area (Å²) in [4.78, 5) is 2.17. The van der Waals surface area contributed by atoms with Crippen LogP contribution in [0.1, 0.15) is 0 Å². The van der Waals surface area contributed by atoms with Gasteiger partial charge < -0.3 is 15.5 Å². The first-order chi connectivity index (χ1) is 5.31. The molecule has 0 atom stereocenters. The van der Waals surface area contributed by atoms with Gasteiger partial charge >= 0.3 is 0 Å². The van der Waals surface area contributed by atoms with E-state index < -0.39 is 0 Å². The summed E-state index contributed by atoms with van der Waals surface area (Å²) in [5, 5.41) is 6.11. The maximum Gasteiger partial charge on any atom is 0.0104 e. The van der Waals surface area contributed by atoms with Crippen LogP contribution in [0.15, 0.2) is 0 Å². The van der Waals surface area contributed by atoms with E-state index in [9.17, 15) is 0 Å². The maximum atomic E-state index is 3.78. The summed E-state index contributed by atoms with van der Waals surface area (Å²) < 4.78 is 0. The van der Waals surface area contributed by atoms with Crippen LogP contribution < -0.4 is 10.6 Å². The van der Waals surface area contributed by atoms with E-state index in [2.05, 4.69) is 36.6 Å². The van der Waals surface area contributed by atoms with E-state index in [1.807, 2.05) is 0 Å². The van der Waals surface area contributed by atoms with E-state index in [0.29, 0.717) is 0 Å². The number of likely N-dealkylation sites (N-methyl/N-ethyl adjacent to an activating group) is 1. The van der Waals surface area contributed by atoms with Gasteiger partial charge in [-0.3, -0.25) is 0 Å². The Morgan fingerprint density at radius 3 is 2.55 bits per heavy atom. The Morgan fingerprint density at radius 2 is 2.00 bits per heavy atom. The SMILES string of the molecule is [CH2]CN(C)CCNCCN[CH2]. The minimum atomic E-state index is 0.870. The largest absolute Gasteiger partial charge is 0.314 e. The molecule has 0 aromatic heterocycles.